The summed E-state index contributed by atoms with van der Waals surface area (Å²) < 4.78 is 0. The largest absolute Gasteiger partial charge is 0.316 e. The number of piperidine rings is 2. The zero-order valence-corrected chi connectivity index (χ0v) is 11.9. The van der Waals surface area contributed by atoms with E-state index in [1.165, 1.54) is 90.5 Å². The third-order valence-corrected chi connectivity index (χ3v) is 5.83. The van der Waals surface area contributed by atoms with E-state index in [9.17, 15) is 0 Å². The molecule has 2 aliphatic heterocycles. The van der Waals surface area contributed by atoms with Gasteiger partial charge in [0.15, 0.2) is 0 Å². The van der Waals surface area contributed by atoms with Crippen molar-refractivity contribution in [3.63, 3.8) is 0 Å². The van der Waals surface area contributed by atoms with Crippen LogP contribution in [0, 0.1) is 11.3 Å². The molecule has 2 heteroatoms. The lowest BCUT2D eigenvalue weighted by Crippen LogP contribution is -2.40. The Morgan fingerprint density at radius 1 is 1.00 bits per heavy atom. The first-order valence-electron chi connectivity index (χ1n) is 8.29. The number of hydrogen-bond donors (Lipinski definition) is 1. The van der Waals surface area contributed by atoms with Crippen LogP contribution in [0.4, 0.5) is 0 Å². The number of nitrogens with zero attached hydrogens (tertiary/aromatic N) is 1. The Hall–Kier alpha value is -0.0800. The zero-order chi connectivity index (χ0) is 12.3. The molecule has 1 unspecified atom stereocenters. The van der Waals surface area contributed by atoms with Gasteiger partial charge in [0.05, 0.1) is 0 Å². The molecule has 0 aromatic rings. The highest BCUT2D eigenvalue weighted by Crippen LogP contribution is 2.46. The molecule has 1 N–H and O–H groups in total. The second-order valence-corrected chi connectivity index (χ2v) is 7.05. The van der Waals surface area contributed by atoms with Gasteiger partial charge in [-0.3, -0.25) is 0 Å². The molecule has 1 atom stereocenters. The van der Waals surface area contributed by atoms with Crippen molar-refractivity contribution in [3.05, 3.63) is 0 Å². The fourth-order valence-corrected chi connectivity index (χ4v) is 4.41. The zero-order valence-electron chi connectivity index (χ0n) is 11.9. The van der Waals surface area contributed by atoms with E-state index in [4.69, 9.17) is 0 Å². The fourth-order valence-electron chi connectivity index (χ4n) is 4.41. The summed E-state index contributed by atoms with van der Waals surface area (Å²) in [6, 6.07) is 0. The molecular formula is C16H30N2. The van der Waals surface area contributed by atoms with Crippen LogP contribution >= 0.6 is 0 Å². The second-order valence-electron chi connectivity index (χ2n) is 7.05. The maximum atomic E-state index is 3.54. The lowest BCUT2D eigenvalue weighted by Gasteiger charge is -2.40. The maximum Gasteiger partial charge on any atom is -0.00134 e. The smallest absolute Gasteiger partial charge is 0.00134 e. The van der Waals surface area contributed by atoms with E-state index in [1.807, 2.05) is 0 Å². The summed E-state index contributed by atoms with van der Waals surface area (Å²) in [5.74, 6) is 0.959. The number of rotatable bonds is 3. The third-order valence-electron chi connectivity index (χ3n) is 5.83. The highest BCUT2D eigenvalue weighted by Gasteiger charge is 2.36. The van der Waals surface area contributed by atoms with Gasteiger partial charge in [-0.25, -0.2) is 0 Å². The minimum atomic E-state index is 0.795. The van der Waals surface area contributed by atoms with Crippen molar-refractivity contribution < 1.29 is 0 Å². The van der Waals surface area contributed by atoms with Crippen LogP contribution in [0.5, 0.6) is 0 Å². The molecule has 3 fully saturated rings. The number of nitrogens with one attached hydrogen (secondary N) is 1. The molecule has 1 aliphatic carbocycles. The minimum absolute atomic E-state index is 0.795. The van der Waals surface area contributed by atoms with Gasteiger partial charge in [0.1, 0.15) is 0 Å². The number of likely N-dealkylation sites (tertiary alicyclic amines) is 1. The van der Waals surface area contributed by atoms with E-state index >= 15 is 0 Å². The molecular weight excluding hydrogens is 220 g/mol. The Morgan fingerprint density at radius 2 is 1.78 bits per heavy atom. The van der Waals surface area contributed by atoms with Crippen molar-refractivity contribution in [1.29, 1.82) is 0 Å². The van der Waals surface area contributed by atoms with Gasteiger partial charge < -0.3 is 10.2 Å². The summed E-state index contributed by atoms with van der Waals surface area (Å²) in [5.41, 5.74) is 0.795. The molecule has 2 saturated heterocycles. The maximum absolute atomic E-state index is 3.54. The van der Waals surface area contributed by atoms with E-state index in [0.717, 1.165) is 11.3 Å². The van der Waals surface area contributed by atoms with Crippen LogP contribution in [0.3, 0.4) is 0 Å². The standard InChI is InChI=1S/C16H30N2/c1-2-7-16(6-1)8-12-18(13-9-16)11-5-15-4-3-10-17-14-15/h15,17H,1-14H2. The molecule has 0 aromatic carbocycles. The Bertz CT molecular complexity index is 242. The highest BCUT2D eigenvalue weighted by molar-refractivity contribution is 4.89. The van der Waals surface area contributed by atoms with E-state index in [0.29, 0.717) is 0 Å². The van der Waals surface area contributed by atoms with Crippen LogP contribution in [0.15, 0.2) is 0 Å². The van der Waals surface area contributed by atoms with E-state index in [-0.39, 0.29) is 0 Å². The van der Waals surface area contributed by atoms with Gasteiger partial charge in [0.25, 0.3) is 0 Å². The van der Waals surface area contributed by atoms with Crippen molar-refractivity contribution in [1.82, 2.24) is 10.2 Å². The SMILES string of the molecule is C1CNCC(CCN2CCC3(CCCC3)CC2)C1. The Kier molecular flexibility index (Phi) is 4.25. The average Bonchev–Trinajstić information content (AvgIpc) is 2.88. The van der Waals surface area contributed by atoms with Gasteiger partial charge >= 0.3 is 0 Å². The Labute approximate surface area is 113 Å². The lowest BCUT2D eigenvalue weighted by molar-refractivity contribution is 0.102. The molecule has 0 radical (unpaired) electrons. The normalized spacial score (nSPS) is 33.0. The van der Waals surface area contributed by atoms with Crippen LogP contribution in [-0.2, 0) is 0 Å². The molecule has 3 aliphatic rings. The van der Waals surface area contributed by atoms with Crippen molar-refractivity contribution in [2.24, 2.45) is 11.3 Å². The van der Waals surface area contributed by atoms with Crippen LogP contribution in [-0.4, -0.2) is 37.6 Å². The highest BCUT2D eigenvalue weighted by atomic mass is 15.1. The van der Waals surface area contributed by atoms with Crippen LogP contribution in [0.1, 0.15) is 57.8 Å². The Balaban J connectivity index is 1.37. The quantitative estimate of drug-likeness (QED) is 0.828. The Morgan fingerprint density at radius 3 is 2.44 bits per heavy atom. The molecule has 3 rings (SSSR count). The first-order chi connectivity index (χ1) is 8.86. The molecule has 1 spiro atoms. The molecule has 0 aromatic heterocycles. The van der Waals surface area contributed by atoms with Gasteiger partial charge in [-0.2, -0.15) is 0 Å². The first-order valence-corrected chi connectivity index (χ1v) is 8.29. The van der Waals surface area contributed by atoms with Gasteiger partial charge in [-0.05, 0) is 89.0 Å². The van der Waals surface area contributed by atoms with E-state index in [1.54, 1.807) is 0 Å². The van der Waals surface area contributed by atoms with Gasteiger partial charge in [0.2, 0.25) is 0 Å². The van der Waals surface area contributed by atoms with E-state index < -0.39 is 0 Å². The van der Waals surface area contributed by atoms with Gasteiger partial charge in [-0.15, -0.1) is 0 Å². The van der Waals surface area contributed by atoms with Crippen LogP contribution < -0.4 is 5.32 Å². The summed E-state index contributed by atoms with van der Waals surface area (Å²) in [6.07, 6.45) is 13.4. The van der Waals surface area contributed by atoms with E-state index in [2.05, 4.69) is 10.2 Å². The molecule has 2 nitrogen and oxygen atoms in total. The van der Waals surface area contributed by atoms with Gasteiger partial charge in [-0.1, -0.05) is 12.8 Å². The second kappa shape index (κ2) is 5.92. The summed E-state index contributed by atoms with van der Waals surface area (Å²) >= 11 is 0. The fraction of sp³-hybridized carbons (Fsp3) is 1.00. The minimum Gasteiger partial charge on any atom is -0.316 e. The van der Waals surface area contributed by atoms with Crippen molar-refractivity contribution in [3.8, 4) is 0 Å². The van der Waals surface area contributed by atoms with Gasteiger partial charge in [0, 0.05) is 0 Å². The predicted molar refractivity (Wildman–Crippen MR) is 76.8 cm³/mol. The van der Waals surface area contributed by atoms with Crippen LogP contribution in [0.25, 0.3) is 0 Å². The summed E-state index contributed by atoms with van der Waals surface area (Å²) in [6.45, 7) is 6.67. The predicted octanol–water partition coefficient (Wildman–Crippen LogP) is 3.03. The monoisotopic (exact) mass is 250 g/mol. The molecule has 2 heterocycles. The average molecular weight is 250 g/mol. The third kappa shape index (κ3) is 3.08. The summed E-state index contributed by atoms with van der Waals surface area (Å²) in [7, 11) is 0. The molecule has 1 saturated carbocycles. The van der Waals surface area contributed by atoms with Crippen molar-refractivity contribution >= 4 is 0 Å². The summed E-state index contributed by atoms with van der Waals surface area (Å²) in [5, 5.41) is 3.54. The molecule has 0 amide bonds. The summed E-state index contributed by atoms with van der Waals surface area (Å²) in [4.78, 5) is 2.75. The number of hydrogen-bond acceptors (Lipinski definition) is 2. The topological polar surface area (TPSA) is 15.3 Å². The van der Waals surface area contributed by atoms with Crippen molar-refractivity contribution in [2.45, 2.75) is 57.8 Å². The molecule has 18 heavy (non-hydrogen) atoms. The lowest BCUT2D eigenvalue weighted by atomic mass is 9.77. The first kappa shape index (κ1) is 12.9. The molecule has 0 bridgehead atoms. The van der Waals surface area contributed by atoms with Crippen molar-refractivity contribution in [2.75, 3.05) is 32.7 Å². The molecule has 104 valence electrons. The van der Waals surface area contributed by atoms with Crippen LogP contribution in [0.2, 0.25) is 0 Å².